The predicted octanol–water partition coefficient (Wildman–Crippen LogP) is 1.56. The largest absolute Gasteiger partial charge is 0.449 e. The van der Waals surface area contributed by atoms with E-state index in [1.165, 1.54) is 25.7 Å². The molecule has 3 amide bonds. The summed E-state index contributed by atoms with van der Waals surface area (Å²) in [7, 11) is -4.91. The summed E-state index contributed by atoms with van der Waals surface area (Å²) in [6.45, 7) is 4.41. The minimum atomic E-state index is -4.91. The number of carbonyl (C=O) groups is 3. The molecule has 1 aliphatic heterocycles. The third-order valence-corrected chi connectivity index (χ3v) is 8.61. The summed E-state index contributed by atoms with van der Waals surface area (Å²) in [5, 5.41) is 17.8. The number of aliphatic hydroxyl groups is 1. The van der Waals surface area contributed by atoms with Crippen molar-refractivity contribution in [2.24, 2.45) is 29.6 Å². The number of aliphatic hydroxyl groups excluding tert-OH is 1. The lowest BCUT2D eigenvalue weighted by atomic mass is 9.68. The summed E-state index contributed by atoms with van der Waals surface area (Å²) >= 11 is 0. The normalized spacial score (nSPS) is 28.6. The van der Waals surface area contributed by atoms with Crippen LogP contribution in [0.2, 0.25) is 0 Å². The molecule has 3 aliphatic rings. The van der Waals surface area contributed by atoms with Gasteiger partial charge in [0.1, 0.15) is 6.04 Å². The Bertz CT molecular complexity index is 884. The number of ether oxygens (including phenoxy) is 1. The van der Waals surface area contributed by atoms with Crippen molar-refractivity contribution in [3.05, 3.63) is 0 Å². The van der Waals surface area contributed by atoms with E-state index in [0.717, 1.165) is 12.8 Å². The zero-order valence-electron chi connectivity index (χ0n) is 21.1. The Balaban J connectivity index is 1.59. The first-order valence-corrected chi connectivity index (χ1v) is 14.6. The van der Waals surface area contributed by atoms with Crippen LogP contribution in [0.25, 0.3) is 0 Å². The van der Waals surface area contributed by atoms with Crippen LogP contribution < -0.4 is 16.0 Å². The summed E-state index contributed by atoms with van der Waals surface area (Å²) in [4.78, 5) is 37.6. The zero-order chi connectivity index (χ0) is 26.5. The van der Waals surface area contributed by atoms with Gasteiger partial charge in [0.25, 0.3) is 10.1 Å². The van der Waals surface area contributed by atoms with Crippen molar-refractivity contribution in [3.8, 4) is 0 Å². The Hall–Kier alpha value is -1.92. The molecule has 1 heterocycles. The van der Waals surface area contributed by atoms with Crippen LogP contribution in [0.4, 0.5) is 4.79 Å². The van der Waals surface area contributed by atoms with Gasteiger partial charge in [0.2, 0.25) is 17.3 Å². The van der Waals surface area contributed by atoms with Crippen molar-refractivity contribution in [2.45, 2.75) is 89.2 Å². The average Bonchev–Trinajstić information content (AvgIpc) is 3.19. The predicted molar refractivity (Wildman–Crippen MR) is 131 cm³/mol. The van der Waals surface area contributed by atoms with Gasteiger partial charge in [-0.2, -0.15) is 8.42 Å². The second-order valence-corrected chi connectivity index (χ2v) is 12.7. The van der Waals surface area contributed by atoms with Crippen LogP contribution in [-0.4, -0.2) is 66.7 Å². The van der Waals surface area contributed by atoms with Crippen LogP contribution in [0.3, 0.4) is 0 Å². The van der Waals surface area contributed by atoms with Gasteiger partial charge in [-0.05, 0) is 62.2 Å². The van der Waals surface area contributed by atoms with E-state index in [9.17, 15) is 32.5 Å². The molecule has 2 bridgehead atoms. The fraction of sp³-hybridized carbons (Fsp3) is 0.875. The Morgan fingerprint density at radius 1 is 1.11 bits per heavy atom. The number of alkyl carbamates (subject to hydrolysis) is 1. The van der Waals surface area contributed by atoms with Crippen LogP contribution in [-0.2, 0) is 24.4 Å². The molecule has 5 N–H and O–H groups in total. The molecular weight excluding hydrogens is 490 g/mol. The van der Waals surface area contributed by atoms with Crippen LogP contribution in [0.1, 0.15) is 71.6 Å². The van der Waals surface area contributed by atoms with Gasteiger partial charge >= 0.3 is 6.09 Å². The lowest BCUT2D eigenvalue weighted by Gasteiger charge is -2.38. The molecule has 3 fully saturated rings. The highest BCUT2D eigenvalue weighted by atomic mass is 32.2. The lowest BCUT2D eigenvalue weighted by Crippen LogP contribution is -2.55. The molecule has 3 rings (SSSR count). The molecule has 1 saturated heterocycles. The highest BCUT2D eigenvalue weighted by molar-refractivity contribution is 7.86. The van der Waals surface area contributed by atoms with Crippen molar-refractivity contribution in [1.29, 1.82) is 0 Å². The maximum absolute atomic E-state index is 13.1. The minimum absolute atomic E-state index is 0.00401. The molecule has 1 unspecified atom stereocenters. The molecule has 0 radical (unpaired) electrons. The van der Waals surface area contributed by atoms with Crippen LogP contribution in [0, 0.1) is 29.6 Å². The maximum atomic E-state index is 13.1. The summed E-state index contributed by atoms with van der Waals surface area (Å²) in [5.74, 6) is 0.0445. The summed E-state index contributed by atoms with van der Waals surface area (Å²) in [6.07, 6.45) is 6.83. The number of rotatable bonds is 11. The first kappa shape index (κ1) is 28.6. The Kier molecular flexibility index (Phi) is 9.99. The topological polar surface area (TPSA) is 171 Å². The Morgan fingerprint density at radius 2 is 1.78 bits per heavy atom. The number of hydrogen-bond acceptors (Lipinski definition) is 7. The van der Waals surface area contributed by atoms with E-state index >= 15 is 0 Å². The van der Waals surface area contributed by atoms with Crippen LogP contribution in [0.5, 0.6) is 0 Å². The number of carbonyl (C=O) groups excluding carboxylic acids is 3. The van der Waals surface area contributed by atoms with E-state index in [0.29, 0.717) is 30.7 Å². The minimum Gasteiger partial charge on any atom is -0.449 e. The van der Waals surface area contributed by atoms with E-state index in [-0.39, 0.29) is 31.3 Å². The van der Waals surface area contributed by atoms with Crippen molar-refractivity contribution < 1.29 is 37.2 Å². The van der Waals surface area contributed by atoms with Crippen molar-refractivity contribution >= 4 is 28.0 Å². The Morgan fingerprint density at radius 3 is 2.33 bits per heavy atom. The van der Waals surface area contributed by atoms with E-state index in [1.807, 2.05) is 13.8 Å². The highest BCUT2D eigenvalue weighted by Crippen LogP contribution is 2.42. The molecule has 2 aliphatic carbocycles. The van der Waals surface area contributed by atoms with Gasteiger partial charge in [-0.25, -0.2) is 4.79 Å². The molecular formula is C24H41N3O8S. The van der Waals surface area contributed by atoms with Gasteiger partial charge in [-0.15, -0.1) is 0 Å². The fourth-order valence-corrected chi connectivity index (χ4v) is 6.59. The Labute approximate surface area is 213 Å². The standard InChI is InChI=1S/C24H41N3O8S/c1-14(2)8-19(27-24(31)35-13-17-10-15-4-3-5-16(9-15)11-17)22(29)26-20(23(30)36(32,33)34)12-18-6-7-25-21(18)28/h14-20,23,30H,3-13H2,1-2H3,(H,25,28)(H,26,29)(H,27,31)(H,32,33,34)/t15-,16+,17?,18-,19-,20-,23+/m0/s1. The summed E-state index contributed by atoms with van der Waals surface area (Å²) in [6, 6.07) is -2.48. The number of amides is 3. The molecule has 12 heteroatoms. The maximum Gasteiger partial charge on any atom is 0.407 e. The molecule has 11 nitrogen and oxygen atoms in total. The molecule has 0 aromatic rings. The van der Waals surface area contributed by atoms with Gasteiger partial charge in [0, 0.05) is 12.5 Å². The first-order valence-electron chi connectivity index (χ1n) is 13.1. The van der Waals surface area contributed by atoms with Gasteiger partial charge in [-0.3, -0.25) is 14.1 Å². The van der Waals surface area contributed by atoms with E-state index in [4.69, 9.17) is 4.74 Å². The summed E-state index contributed by atoms with van der Waals surface area (Å²) in [5.41, 5.74) is -2.31. The van der Waals surface area contributed by atoms with Gasteiger partial charge in [0.15, 0.2) is 0 Å². The number of nitrogens with one attached hydrogen (secondary N) is 3. The second kappa shape index (κ2) is 12.6. The molecule has 0 spiro atoms. The van der Waals surface area contributed by atoms with Crippen LogP contribution >= 0.6 is 0 Å². The lowest BCUT2D eigenvalue weighted by molar-refractivity contribution is -0.126. The van der Waals surface area contributed by atoms with E-state index < -0.39 is 45.6 Å². The monoisotopic (exact) mass is 531 g/mol. The van der Waals surface area contributed by atoms with Gasteiger partial charge in [-0.1, -0.05) is 33.1 Å². The SMILES string of the molecule is CC(C)C[C@H](NC(=O)OCC1C[C@H]2CCC[C@@H](C1)C2)C(=O)N[C@@H](C[C@@H]1CCNC1=O)[C@H](O)S(=O)(=O)O. The van der Waals surface area contributed by atoms with E-state index in [1.54, 1.807) is 0 Å². The smallest absolute Gasteiger partial charge is 0.407 e. The van der Waals surface area contributed by atoms with Crippen molar-refractivity contribution in [2.75, 3.05) is 13.2 Å². The van der Waals surface area contributed by atoms with Gasteiger partial charge in [0.05, 0.1) is 12.6 Å². The molecule has 36 heavy (non-hydrogen) atoms. The van der Waals surface area contributed by atoms with Gasteiger partial charge < -0.3 is 25.8 Å². The molecule has 206 valence electrons. The fourth-order valence-electron chi connectivity index (χ4n) is 6.00. The molecule has 7 atom stereocenters. The van der Waals surface area contributed by atoms with Crippen molar-refractivity contribution in [3.63, 3.8) is 0 Å². The zero-order valence-corrected chi connectivity index (χ0v) is 22.0. The van der Waals surface area contributed by atoms with E-state index in [2.05, 4.69) is 16.0 Å². The average molecular weight is 532 g/mol. The second-order valence-electron chi connectivity index (χ2n) is 11.2. The quantitative estimate of drug-likeness (QED) is 0.250. The highest BCUT2D eigenvalue weighted by Gasteiger charge is 2.38. The third kappa shape index (κ3) is 8.31. The first-order chi connectivity index (χ1) is 16.9. The van der Waals surface area contributed by atoms with Crippen molar-refractivity contribution in [1.82, 2.24) is 16.0 Å². The number of fused-ring (bicyclic) bond motifs is 2. The molecule has 2 saturated carbocycles. The van der Waals surface area contributed by atoms with Crippen LogP contribution in [0.15, 0.2) is 0 Å². The molecule has 0 aromatic heterocycles. The number of hydrogen-bond donors (Lipinski definition) is 5. The third-order valence-electron chi connectivity index (χ3n) is 7.67. The molecule has 0 aromatic carbocycles. The summed E-state index contributed by atoms with van der Waals surface area (Å²) < 4.78 is 38.1.